The predicted octanol–water partition coefficient (Wildman–Crippen LogP) is 2.81. The van der Waals surface area contributed by atoms with Crippen molar-refractivity contribution in [2.45, 2.75) is 44.8 Å². The van der Waals surface area contributed by atoms with E-state index >= 15 is 0 Å². The average molecular weight is 283 g/mol. The molecule has 2 fully saturated rings. The Morgan fingerprint density at radius 3 is 2.90 bits per heavy atom. The van der Waals surface area contributed by atoms with Crippen molar-refractivity contribution >= 4 is 10.9 Å². The minimum atomic E-state index is 0.685. The normalized spacial score (nSPS) is 25.8. The largest absolute Gasteiger partial charge is 0.346 e. The van der Waals surface area contributed by atoms with E-state index in [9.17, 15) is 0 Å². The standard InChI is InChI=1S/C18H25N3/c1-13-14-6-3-4-7-16(14)20(2)18(13)12-19-15-9-11-21-10-5-8-17(15)21/h3-4,6-7,15,17,19H,5,8-12H2,1-2H3. The lowest BCUT2D eigenvalue weighted by molar-refractivity contribution is 0.298. The molecule has 1 aromatic carbocycles. The van der Waals surface area contributed by atoms with Crippen molar-refractivity contribution in [1.82, 2.24) is 14.8 Å². The highest BCUT2D eigenvalue weighted by atomic mass is 15.2. The van der Waals surface area contributed by atoms with Gasteiger partial charge in [-0.3, -0.25) is 4.90 Å². The minimum Gasteiger partial charge on any atom is -0.346 e. The van der Waals surface area contributed by atoms with Crippen LogP contribution in [0.2, 0.25) is 0 Å². The average Bonchev–Trinajstić information content (AvgIpc) is 3.16. The number of aryl methyl sites for hydroxylation is 2. The van der Waals surface area contributed by atoms with Crippen LogP contribution in [0, 0.1) is 6.92 Å². The van der Waals surface area contributed by atoms with Gasteiger partial charge >= 0.3 is 0 Å². The smallest absolute Gasteiger partial charge is 0.0483 e. The van der Waals surface area contributed by atoms with E-state index in [1.165, 1.54) is 54.5 Å². The number of nitrogens with zero attached hydrogens (tertiary/aromatic N) is 2. The predicted molar refractivity (Wildman–Crippen MR) is 87.5 cm³/mol. The molecule has 0 saturated carbocycles. The summed E-state index contributed by atoms with van der Waals surface area (Å²) in [6.45, 7) is 5.86. The zero-order valence-electron chi connectivity index (χ0n) is 13.1. The maximum absolute atomic E-state index is 3.85. The molecule has 21 heavy (non-hydrogen) atoms. The monoisotopic (exact) mass is 283 g/mol. The van der Waals surface area contributed by atoms with Gasteiger partial charge in [0.1, 0.15) is 0 Å². The molecular weight excluding hydrogens is 258 g/mol. The summed E-state index contributed by atoms with van der Waals surface area (Å²) in [5, 5.41) is 5.24. The molecule has 0 radical (unpaired) electrons. The molecule has 2 saturated heterocycles. The molecule has 0 aliphatic carbocycles. The van der Waals surface area contributed by atoms with Crippen molar-refractivity contribution in [2.75, 3.05) is 13.1 Å². The maximum atomic E-state index is 3.85. The second kappa shape index (κ2) is 5.15. The molecule has 2 aromatic rings. The van der Waals surface area contributed by atoms with Crippen molar-refractivity contribution in [3.63, 3.8) is 0 Å². The van der Waals surface area contributed by atoms with Crippen molar-refractivity contribution < 1.29 is 0 Å². The lowest BCUT2D eigenvalue weighted by Gasteiger charge is -2.21. The van der Waals surface area contributed by atoms with Gasteiger partial charge in [-0.15, -0.1) is 0 Å². The molecule has 2 aliphatic heterocycles. The molecule has 3 nitrogen and oxygen atoms in total. The van der Waals surface area contributed by atoms with Gasteiger partial charge in [0.2, 0.25) is 0 Å². The van der Waals surface area contributed by atoms with E-state index < -0.39 is 0 Å². The van der Waals surface area contributed by atoms with Crippen molar-refractivity contribution in [3.05, 3.63) is 35.5 Å². The van der Waals surface area contributed by atoms with E-state index in [2.05, 4.69) is 53.0 Å². The summed E-state index contributed by atoms with van der Waals surface area (Å²) in [5.74, 6) is 0. The van der Waals surface area contributed by atoms with Crippen LogP contribution < -0.4 is 5.32 Å². The van der Waals surface area contributed by atoms with E-state index in [0.29, 0.717) is 6.04 Å². The summed E-state index contributed by atoms with van der Waals surface area (Å²) in [6.07, 6.45) is 4.08. The number of hydrogen-bond donors (Lipinski definition) is 1. The van der Waals surface area contributed by atoms with Gasteiger partial charge in [-0.25, -0.2) is 0 Å². The van der Waals surface area contributed by atoms with Crippen molar-refractivity contribution in [2.24, 2.45) is 7.05 Å². The van der Waals surface area contributed by atoms with Gasteiger partial charge in [-0.1, -0.05) is 18.2 Å². The van der Waals surface area contributed by atoms with Crippen LogP contribution in [0.15, 0.2) is 24.3 Å². The SMILES string of the molecule is Cc1c(CNC2CCN3CCCC23)n(C)c2ccccc12. The van der Waals surface area contributed by atoms with Crippen molar-refractivity contribution in [1.29, 1.82) is 0 Å². The van der Waals surface area contributed by atoms with Gasteiger partial charge in [0.05, 0.1) is 0 Å². The first-order chi connectivity index (χ1) is 10.3. The zero-order chi connectivity index (χ0) is 14.4. The van der Waals surface area contributed by atoms with E-state index in [1.807, 2.05) is 0 Å². The van der Waals surface area contributed by atoms with Gasteiger partial charge < -0.3 is 9.88 Å². The summed E-state index contributed by atoms with van der Waals surface area (Å²) in [6, 6.07) is 10.2. The zero-order valence-corrected chi connectivity index (χ0v) is 13.1. The number of fused-ring (bicyclic) bond motifs is 2. The number of rotatable bonds is 3. The molecule has 2 unspecified atom stereocenters. The van der Waals surface area contributed by atoms with Gasteiger partial charge in [0.15, 0.2) is 0 Å². The molecule has 0 bridgehead atoms. The van der Waals surface area contributed by atoms with Crippen LogP contribution in [0.4, 0.5) is 0 Å². The number of benzene rings is 1. The van der Waals surface area contributed by atoms with Crippen LogP contribution in [-0.4, -0.2) is 34.6 Å². The molecule has 0 spiro atoms. The molecule has 0 amide bonds. The molecule has 1 aromatic heterocycles. The lowest BCUT2D eigenvalue weighted by Crippen LogP contribution is -2.39. The topological polar surface area (TPSA) is 20.2 Å². The Labute approximate surface area is 126 Å². The second-order valence-corrected chi connectivity index (χ2v) is 6.67. The maximum Gasteiger partial charge on any atom is 0.0483 e. The minimum absolute atomic E-state index is 0.685. The van der Waals surface area contributed by atoms with Crippen LogP contribution in [0.25, 0.3) is 10.9 Å². The van der Waals surface area contributed by atoms with Crippen LogP contribution in [-0.2, 0) is 13.6 Å². The first kappa shape index (κ1) is 13.4. The Balaban J connectivity index is 1.55. The number of aromatic nitrogens is 1. The molecule has 2 aliphatic rings. The molecular formula is C18H25N3. The van der Waals surface area contributed by atoms with Gasteiger partial charge in [0.25, 0.3) is 0 Å². The number of hydrogen-bond acceptors (Lipinski definition) is 2. The summed E-state index contributed by atoms with van der Waals surface area (Å²) >= 11 is 0. The summed E-state index contributed by atoms with van der Waals surface area (Å²) in [4.78, 5) is 2.67. The Bertz CT molecular complexity index is 619. The fraction of sp³-hybridized carbons (Fsp3) is 0.556. The summed E-state index contributed by atoms with van der Waals surface area (Å²) < 4.78 is 2.36. The van der Waals surface area contributed by atoms with Gasteiger partial charge in [0, 0.05) is 48.8 Å². The lowest BCUT2D eigenvalue weighted by atomic mass is 10.1. The Hall–Kier alpha value is -1.32. The summed E-state index contributed by atoms with van der Waals surface area (Å²) in [5.41, 5.74) is 4.22. The molecule has 3 heteroatoms. The number of para-hydroxylation sites is 1. The third-order valence-electron chi connectivity index (χ3n) is 5.64. The molecule has 1 N–H and O–H groups in total. The first-order valence-corrected chi connectivity index (χ1v) is 8.26. The highest BCUT2D eigenvalue weighted by Gasteiger charge is 2.36. The third-order valence-corrected chi connectivity index (χ3v) is 5.64. The van der Waals surface area contributed by atoms with Crippen LogP contribution in [0.1, 0.15) is 30.5 Å². The van der Waals surface area contributed by atoms with Gasteiger partial charge in [-0.05, 0) is 44.4 Å². The van der Waals surface area contributed by atoms with E-state index in [4.69, 9.17) is 0 Å². The van der Waals surface area contributed by atoms with E-state index in [0.717, 1.165) is 12.6 Å². The fourth-order valence-electron chi connectivity index (χ4n) is 4.44. The fourth-order valence-corrected chi connectivity index (χ4v) is 4.44. The number of nitrogens with one attached hydrogen (secondary N) is 1. The van der Waals surface area contributed by atoms with E-state index in [-0.39, 0.29) is 0 Å². The quantitative estimate of drug-likeness (QED) is 0.935. The van der Waals surface area contributed by atoms with E-state index in [1.54, 1.807) is 0 Å². The third kappa shape index (κ3) is 2.11. The molecule has 3 heterocycles. The molecule has 112 valence electrons. The Morgan fingerprint density at radius 2 is 2.05 bits per heavy atom. The summed E-state index contributed by atoms with van der Waals surface area (Å²) in [7, 11) is 2.20. The van der Waals surface area contributed by atoms with Crippen LogP contribution in [0.5, 0.6) is 0 Å². The molecule has 2 atom stereocenters. The van der Waals surface area contributed by atoms with Crippen molar-refractivity contribution in [3.8, 4) is 0 Å². The second-order valence-electron chi connectivity index (χ2n) is 6.67. The highest BCUT2D eigenvalue weighted by molar-refractivity contribution is 5.85. The highest BCUT2D eigenvalue weighted by Crippen LogP contribution is 2.29. The molecule has 4 rings (SSSR count). The van der Waals surface area contributed by atoms with Crippen LogP contribution >= 0.6 is 0 Å². The van der Waals surface area contributed by atoms with Gasteiger partial charge in [-0.2, -0.15) is 0 Å². The first-order valence-electron chi connectivity index (χ1n) is 8.26. The Morgan fingerprint density at radius 1 is 1.19 bits per heavy atom. The van der Waals surface area contributed by atoms with Crippen LogP contribution in [0.3, 0.4) is 0 Å². The Kier molecular flexibility index (Phi) is 3.27.